The summed E-state index contributed by atoms with van der Waals surface area (Å²) < 4.78 is 58.2. The first kappa shape index (κ1) is 19.9. The molecule has 0 spiro atoms. The molecule has 2 atom stereocenters. The number of ether oxygens (including phenoxy) is 1. The molecule has 7 nitrogen and oxygen atoms in total. The average molecular weight is 421 g/mol. The number of rotatable bonds is 4. The number of carbonyl (C=O) groups excluding carboxylic acids is 2. The molecular formula is C16H13ClF4N4O3. The van der Waals surface area contributed by atoms with E-state index >= 15 is 0 Å². The standard InChI is InChI=1S/C16H13ClF4N4O3/c1-25-12(16(19,20)21)5-10(24-25)13(7-2-3-9(18)8(17)4-7)23-14(26)11-6-22-15(27)28-11/h2-5,11,13H,6H2,1H3,(H,22,27)(H,23,26)/t11-,13?/m0/s1. The van der Waals surface area contributed by atoms with Gasteiger partial charge in [0, 0.05) is 7.05 Å². The minimum Gasteiger partial charge on any atom is -0.434 e. The van der Waals surface area contributed by atoms with E-state index in [-0.39, 0.29) is 22.8 Å². The van der Waals surface area contributed by atoms with Crippen LogP contribution in [0.4, 0.5) is 22.4 Å². The number of nitrogens with zero attached hydrogens (tertiary/aromatic N) is 2. The second-order valence-electron chi connectivity index (χ2n) is 5.97. The van der Waals surface area contributed by atoms with Gasteiger partial charge in [0.15, 0.2) is 6.10 Å². The lowest BCUT2D eigenvalue weighted by Crippen LogP contribution is -2.39. The van der Waals surface area contributed by atoms with Gasteiger partial charge in [-0.05, 0) is 23.8 Å². The number of benzene rings is 1. The number of carbonyl (C=O) groups is 2. The van der Waals surface area contributed by atoms with E-state index in [1.807, 2.05) is 0 Å². The Kier molecular flexibility index (Phi) is 5.20. The number of hydrogen-bond acceptors (Lipinski definition) is 4. The zero-order valence-electron chi connectivity index (χ0n) is 14.2. The Morgan fingerprint density at radius 3 is 2.68 bits per heavy atom. The molecule has 1 fully saturated rings. The van der Waals surface area contributed by atoms with Crippen molar-refractivity contribution in [2.24, 2.45) is 7.05 Å². The van der Waals surface area contributed by atoms with Crippen molar-refractivity contribution in [3.05, 3.63) is 52.1 Å². The van der Waals surface area contributed by atoms with E-state index in [1.54, 1.807) is 0 Å². The van der Waals surface area contributed by atoms with Crippen molar-refractivity contribution in [3.8, 4) is 0 Å². The SMILES string of the molecule is Cn1nc(C(NC(=O)[C@@H]2CNC(=O)O2)c2ccc(F)c(Cl)c2)cc1C(F)(F)F. The van der Waals surface area contributed by atoms with Crippen molar-refractivity contribution in [1.82, 2.24) is 20.4 Å². The van der Waals surface area contributed by atoms with Gasteiger partial charge in [-0.25, -0.2) is 9.18 Å². The molecule has 2 amide bonds. The van der Waals surface area contributed by atoms with Crippen LogP contribution in [0.2, 0.25) is 5.02 Å². The molecule has 1 aliphatic heterocycles. The highest BCUT2D eigenvalue weighted by atomic mass is 35.5. The van der Waals surface area contributed by atoms with E-state index in [2.05, 4.69) is 15.7 Å². The topological polar surface area (TPSA) is 85.3 Å². The first-order valence-electron chi connectivity index (χ1n) is 7.87. The minimum atomic E-state index is -4.67. The molecule has 2 N–H and O–H groups in total. The van der Waals surface area contributed by atoms with Gasteiger partial charge in [-0.15, -0.1) is 0 Å². The van der Waals surface area contributed by atoms with Crippen molar-refractivity contribution >= 4 is 23.6 Å². The van der Waals surface area contributed by atoms with Crippen LogP contribution in [-0.4, -0.2) is 34.4 Å². The van der Waals surface area contributed by atoms with Crippen molar-refractivity contribution in [1.29, 1.82) is 0 Å². The maximum atomic E-state index is 13.5. The highest BCUT2D eigenvalue weighted by Crippen LogP contribution is 2.32. The van der Waals surface area contributed by atoms with Gasteiger partial charge in [0.05, 0.1) is 23.3 Å². The number of cyclic esters (lactones) is 1. The fraction of sp³-hybridized carbons (Fsp3) is 0.312. The summed E-state index contributed by atoms with van der Waals surface area (Å²) in [6, 6.07) is 3.02. The second-order valence-corrected chi connectivity index (χ2v) is 6.37. The summed E-state index contributed by atoms with van der Waals surface area (Å²) in [5, 5.41) is 8.30. The number of nitrogens with one attached hydrogen (secondary N) is 2. The number of aryl methyl sites for hydroxylation is 1. The van der Waals surface area contributed by atoms with Crippen LogP contribution in [0.1, 0.15) is 23.0 Å². The van der Waals surface area contributed by atoms with Crippen molar-refractivity contribution in [2.75, 3.05) is 6.54 Å². The molecule has 2 aromatic rings. The number of aromatic nitrogens is 2. The quantitative estimate of drug-likeness (QED) is 0.744. The molecule has 0 bridgehead atoms. The number of amides is 2. The van der Waals surface area contributed by atoms with E-state index in [1.165, 1.54) is 12.1 Å². The summed E-state index contributed by atoms with van der Waals surface area (Å²) in [5.41, 5.74) is -0.990. The molecule has 1 unspecified atom stereocenters. The Morgan fingerprint density at radius 1 is 1.43 bits per heavy atom. The summed E-state index contributed by atoms with van der Waals surface area (Å²) in [7, 11) is 1.10. The average Bonchev–Trinajstić information content (AvgIpc) is 3.20. The molecule has 1 aliphatic rings. The Balaban J connectivity index is 1.98. The molecule has 1 saturated heterocycles. The Labute approximate surface area is 160 Å². The van der Waals surface area contributed by atoms with Gasteiger partial charge in [-0.2, -0.15) is 18.3 Å². The van der Waals surface area contributed by atoms with Crippen LogP contribution < -0.4 is 10.6 Å². The van der Waals surface area contributed by atoms with Gasteiger partial charge in [0.2, 0.25) is 0 Å². The summed E-state index contributed by atoms with van der Waals surface area (Å²) in [5.74, 6) is -1.50. The Hall–Kier alpha value is -2.82. The predicted molar refractivity (Wildman–Crippen MR) is 87.9 cm³/mol. The van der Waals surface area contributed by atoms with E-state index in [4.69, 9.17) is 16.3 Å². The fourth-order valence-corrected chi connectivity index (χ4v) is 2.87. The maximum absolute atomic E-state index is 13.5. The third-order valence-corrected chi connectivity index (χ3v) is 4.31. The monoisotopic (exact) mass is 420 g/mol. The molecule has 150 valence electrons. The molecular weight excluding hydrogens is 408 g/mol. The molecule has 28 heavy (non-hydrogen) atoms. The van der Waals surface area contributed by atoms with Gasteiger partial charge < -0.3 is 15.4 Å². The maximum Gasteiger partial charge on any atom is 0.433 e. The largest absolute Gasteiger partial charge is 0.434 e. The summed E-state index contributed by atoms with van der Waals surface area (Å²) in [4.78, 5) is 23.5. The molecule has 1 aromatic heterocycles. The zero-order valence-corrected chi connectivity index (χ0v) is 14.9. The van der Waals surface area contributed by atoms with E-state index in [9.17, 15) is 27.2 Å². The Bertz CT molecular complexity index is 931. The van der Waals surface area contributed by atoms with E-state index in [0.29, 0.717) is 4.68 Å². The summed E-state index contributed by atoms with van der Waals surface area (Å²) in [6.45, 7) is -0.0996. The number of halogens is 5. The molecule has 2 heterocycles. The van der Waals surface area contributed by atoms with Crippen LogP contribution in [-0.2, 0) is 22.8 Å². The number of hydrogen-bond donors (Lipinski definition) is 2. The van der Waals surface area contributed by atoms with E-state index < -0.39 is 41.8 Å². The molecule has 0 aliphatic carbocycles. The van der Waals surface area contributed by atoms with Crippen LogP contribution in [0.3, 0.4) is 0 Å². The van der Waals surface area contributed by atoms with Crippen LogP contribution in [0, 0.1) is 5.82 Å². The third-order valence-electron chi connectivity index (χ3n) is 4.02. The minimum absolute atomic E-state index is 0.0996. The summed E-state index contributed by atoms with van der Waals surface area (Å²) >= 11 is 5.76. The van der Waals surface area contributed by atoms with Crippen molar-refractivity contribution in [2.45, 2.75) is 18.3 Å². The number of alkyl carbamates (subject to hydrolysis) is 1. The van der Waals surface area contributed by atoms with Crippen molar-refractivity contribution < 1.29 is 31.9 Å². The van der Waals surface area contributed by atoms with Crippen LogP contribution >= 0.6 is 11.6 Å². The molecule has 0 saturated carbocycles. The first-order chi connectivity index (χ1) is 13.1. The van der Waals surface area contributed by atoms with Crippen LogP contribution in [0.25, 0.3) is 0 Å². The van der Waals surface area contributed by atoms with Gasteiger partial charge in [0.1, 0.15) is 11.5 Å². The van der Waals surface area contributed by atoms with Crippen molar-refractivity contribution in [3.63, 3.8) is 0 Å². The fourth-order valence-electron chi connectivity index (χ4n) is 2.69. The second kappa shape index (κ2) is 7.30. The van der Waals surface area contributed by atoms with E-state index in [0.717, 1.165) is 19.2 Å². The predicted octanol–water partition coefficient (Wildman–Crippen LogP) is 2.55. The van der Waals surface area contributed by atoms with Gasteiger partial charge in [0.25, 0.3) is 5.91 Å². The molecule has 1 aromatic carbocycles. The zero-order chi connectivity index (χ0) is 20.6. The lowest BCUT2D eigenvalue weighted by molar-refractivity contribution is -0.143. The van der Waals surface area contributed by atoms with Gasteiger partial charge in [-0.3, -0.25) is 9.48 Å². The Morgan fingerprint density at radius 2 is 2.14 bits per heavy atom. The normalized spacial score (nSPS) is 17.8. The van der Waals surface area contributed by atoms with Gasteiger partial charge in [-0.1, -0.05) is 17.7 Å². The summed E-state index contributed by atoms with van der Waals surface area (Å²) in [6.07, 6.45) is -6.63. The van der Waals surface area contributed by atoms with Crippen LogP contribution in [0.5, 0.6) is 0 Å². The lowest BCUT2D eigenvalue weighted by atomic mass is 10.0. The molecule has 12 heteroatoms. The third kappa shape index (κ3) is 4.03. The number of alkyl halides is 3. The smallest absolute Gasteiger partial charge is 0.433 e. The molecule has 3 rings (SSSR count). The lowest BCUT2D eigenvalue weighted by Gasteiger charge is -2.19. The van der Waals surface area contributed by atoms with Crippen LogP contribution in [0.15, 0.2) is 24.3 Å². The first-order valence-corrected chi connectivity index (χ1v) is 8.25. The van der Waals surface area contributed by atoms with Gasteiger partial charge >= 0.3 is 12.3 Å². The highest BCUT2D eigenvalue weighted by Gasteiger charge is 2.37. The highest BCUT2D eigenvalue weighted by molar-refractivity contribution is 6.30. The molecule has 0 radical (unpaired) electrons.